The fraction of sp³-hybridized carbons (Fsp3) is 0.571. The van der Waals surface area contributed by atoms with E-state index in [0.29, 0.717) is 16.2 Å². The summed E-state index contributed by atoms with van der Waals surface area (Å²) in [7, 11) is 0. The van der Waals surface area contributed by atoms with Crippen LogP contribution in [-0.2, 0) is 0 Å². The third-order valence-electron chi connectivity index (χ3n) is 4.09. The number of nitrogens with zero attached hydrogens (tertiary/aromatic N) is 1. The zero-order valence-corrected chi connectivity index (χ0v) is 12.4. The number of piperazine rings is 1. The molecule has 2 unspecified atom stereocenters. The van der Waals surface area contributed by atoms with Crippen molar-refractivity contribution >= 4 is 21.6 Å². The van der Waals surface area contributed by atoms with Crippen LogP contribution in [0.25, 0.3) is 0 Å². The lowest BCUT2D eigenvalue weighted by Gasteiger charge is -2.40. The van der Waals surface area contributed by atoms with Gasteiger partial charge >= 0.3 is 0 Å². The number of nitrogens with one attached hydrogen (secondary N) is 1. The first-order valence-electron chi connectivity index (χ1n) is 6.71. The largest absolute Gasteiger partial charge is 0.364 e. The van der Waals surface area contributed by atoms with Crippen molar-refractivity contribution in [2.24, 2.45) is 5.92 Å². The van der Waals surface area contributed by atoms with E-state index in [-0.39, 0.29) is 6.04 Å². The molecule has 1 aliphatic heterocycles. The molecule has 1 saturated carbocycles. The molecule has 1 aromatic carbocycles. The lowest BCUT2D eigenvalue weighted by molar-refractivity contribution is 0.372. The molecule has 104 valence electrons. The van der Waals surface area contributed by atoms with E-state index in [4.69, 9.17) is 0 Å². The molecule has 0 amide bonds. The van der Waals surface area contributed by atoms with Crippen molar-refractivity contribution in [3.05, 3.63) is 28.2 Å². The van der Waals surface area contributed by atoms with Crippen LogP contribution >= 0.6 is 15.9 Å². The van der Waals surface area contributed by atoms with Crippen LogP contribution in [0, 0.1) is 17.6 Å². The Kier molecular flexibility index (Phi) is 3.52. The summed E-state index contributed by atoms with van der Waals surface area (Å²) in [6.07, 6.45) is 2.52. The van der Waals surface area contributed by atoms with Gasteiger partial charge in [0.05, 0.1) is 10.2 Å². The van der Waals surface area contributed by atoms with Crippen LogP contribution < -0.4 is 10.2 Å². The third kappa shape index (κ3) is 2.63. The first kappa shape index (κ1) is 13.3. The Morgan fingerprint density at radius 1 is 1.26 bits per heavy atom. The zero-order valence-electron chi connectivity index (χ0n) is 10.8. The molecular formula is C14H17BrF2N2. The van der Waals surface area contributed by atoms with Crippen LogP contribution in [0.5, 0.6) is 0 Å². The molecule has 0 radical (unpaired) electrons. The zero-order chi connectivity index (χ0) is 13.6. The van der Waals surface area contributed by atoms with Crippen molar-refractivity contribution in [2.45, 2.75) is 31.8 Å². The minimum absolute atomic E-state index is 0.210. The number of hydrogen-bond donors (Lipinski definition) is 1. The van der Waals surface area contributed by atoms with Gasteiger partial charge in [-0.3, -0.25) is 0 Å². The molecule has 1 N–H and O–H groups in total. The van der Waals surface area contributed by atoms with E-state index in [9.17, 15) is 8.78 Å². The Morgan fingerprint density at radius 2 is 2.00 bits per heavy atom. The molecule has 0 aromatic heterocycles. The van der Waals surface area contributed by atoms with Crippen LogP contribution in [0.4, 0.5) is 14.5 Å². The highest BCUT2D eigenvalue weighted by atomic mass is 79.9. The Hall–Kier alpha value is -0.680. The molecule has 2 fully saturated rings. The standard InChI is InChI=1S/C14H17BrF2N2/c1-8-6-18-13(9-2-3-9)7-19(8)14-4-10(15)11(16)5-12(14)17/h4-5,8-9,13,18H,2-3,6-7H2,1H3. The fourth-order valence-corrected chi connectivity index (χ4v) is 3.10. The lowest BCUT2D eigenvalue weighted by atomic mass is 10.0. The van der Waals surface area contributed by atoms with Gasteiger partial charge in [-0.05, 0) is 47.7 Å². The average Bonchev–Trinajstić information content (AvgIpc) is 3.19. The maximum atomic E-state index is 14.0. The van der Waals surface area contributed by atoms with Crippen LogP contribution in [0.1, 0.15) is 19.8 Å². The van der Waals surface area contributed by atoms with Crippen molar-refractivity contribution in [1.82, 2.24) is 5.32 Å². The maximum absolute atomic E-state index is 14.0. The van der Waals surface area contributed by atoms with Crippen molar-refractivity contribution in [3.8, 4) is 0 Å². The van der Waals surface area contributed by atoms with Crippen LogP contribution in [0.15, 0.2) is 16.6 Å². The molecule has 3 rings (SSSR count). The summed E-state index contributed by atoms with van der Waals surface area (Å²) in [5, 5.41) is 3.53. The number of benzene rings is 1. The number of halogens is 3. The summed E-state index contributed by atoms with van der Waals surface area (Å²) in [6, 6.07) is 3.15. The minimum atomic E-state index is -0.553. The minimum Gasteiger partial charge on any atom is -0.364 e. The molecule has 5 heteroatoms. The summed E-state index contributed by atoms with van der Waals surface area (Å²) in [4.78, 5) is 2.05. The van der Waals surface area contributed by atoms with Gasteiger partial charge in [0.1, 0.15) is 11.6 Å². The average molecular weight is 331 g/mol. The van der Waals surface area contributed by atoms with Gasteiger partial charge in [-0.1, -0.05) is 0 Å². The molecule has 1 aromatic rings. The Morgan fingerprint density at radius 3 is 2.68 bits per heavy atom. The van der Waals surface area contributed by atoms with E-state index in [0.717, 1.165) is 25.1 Å². The van der Waals surface area contributed by atoms with Gasteiger partial charge in [-0.25, -0.2) is 8.78 Å². The van der Waals surface area contributed by atoms with Crippen LogP contribution in [0.3, 0.4) is 0 Å². The van der Waals surface area contributed by atoms with Crippen molar-refractivity contribution < 1.29 is 8.78 Å². The highest BCUT2D eigenvalue weighted by Gasteiger charge is 2.36. The van der Waals surface area contributed by atoms with E-state index < -0.39 is 11.6 Å². The summed E-state index contributed by atoms with van der Waals surface area (Å²) in [6.45, 7) is 3.70. The normalized spacial score (nSPS) is 27.7. The van der Waals surface area contributed by atoms with Gasteiger partial charge in [0, 0.05) is 31.2 Å². The van der Waals surface area contributed by atoms with Gasteiger partial charge in [-0.2, -0.15) is 0 Å². The molecule has 1 heterocycles. The molecule has 0 bridgehead atoms. The second kappa shape index (κ2) is 5.02. The molecule has 1 aliphatic carbocycles. The van der Waals surface area contributed by atoms with Crippen molar-refractivity contribution in [1.29, 1.82) is 0 Å². The summed E-state index contributed by atoms with van der Waals surface area (Å²) >= 11 is 3.14. The third-order valence-corrected chi connectivity index (χ3v) is 4.70. The highest BCUT2D eigenvalue weighted by Crippen LogP contribution is 2.36. The number of hydrogen-bond acceptors (Lipinski definition) is 2. The first-order chi connectivity index (χ1) is 9.06. The van der Waals surface area contributed by atoms with Gasteiger partial charge in [0.15, 0.2) is 0 Å². The summed E-state index contributed by atoms with van der Waals surface area (Å²) < 4.78 is 27.6. The SMILES string of the molecule is CC1CNC(C2CC2)CN1c1cc(Br)c(F)cc1F. The lowest BCUT2D eigenvalue weighted by Crippen LogP contribution is -2.56. The first-order valence-corrected chi connectivity index (χ1v) is 7.50. The van der Waals surface area contributed by atoms with Gasteiger partial charge in [-0.15, -0.1) is 0 Å². The predicted octanol–water partition coefficient (Wildman–Crippen LogP) is 3.30. The summed E-state index contributed by atoms with van der Waals surface area (Å²) in [5.74, 6) is -0.311. The van der Waals surface area contributed by atoms with Crippen LogP contribution in [0.2, 0.25) is 0 Å². The molecule has 2 atom stereocenters. The van der Waals surface area contributed by atoms with E-state index in [2.05, 4.69) is 33.1 Å². The van der Waals surface area contributed by atoms with Crippen molar-refractivity contribution in [2.75, 3.05) is 18.0 Å². The predicted molar refractivity (Wildman–Crippen MR) is 75.4 cm³/mol. The molecule has 1 saturated heterocycles. The molecule has 19 heavy (non-hydrogen) atoms. The van der Waals surface area contributed by atoms with E-state index in [1.165, 1.54) is 12.8 Å². The van der Waals surface area contributed by atoms with Crippen LogP contribution in [-0.4, -0.2) is 25.2 Å². The van der Waals surface area contributed by atoms with Gasteiger partial charge < -0.3 is 10.2 Å². The highest BCUT2D eigenvalue weighted by molar-refractivity contribution is 9.10. The number of rotatable bonds is 2. The number of anilines is 1. The molecule has 0 spiro atoms. The Labute approximate surface area is 120 Å². The van der Waals surface area contributed by atoms with Gasteiger partial charge in [0.2, 0.25) is 0 Å². The van der Waals surface area contributed by atoms with E-state index in [1.54, 1.807) is 6.07 Å². The van der Waals surface area contributed by atoms with Crippen molar-refractivity contribution in [3.63, 3.8) is 0 Å². The van der Waals surface area contributed by atoms with E-state index >= 15 is 0 Å². The second-order valence-corrected chi connectivity index (χ2v) is 6.43. The smallest absolute Gasteiger partial charge is 0.149 e. The molecule has 2 nitrogen and oxygen atoms in total. The van der Waals surface area contributed by atoms with E-state index in [1.807, 2.05) is 0 Å². The second-order valence-electron chi connectivity index (χ2n) is 5.57. The Balaban J connectivity index is 1.88. The summed E-state index contributed by atoms with van der Waals surface area (Å²) in [5.41, 5.74) is 0.493. The maximum Gasteiger partial charge on any atom is 0.149 e. The molecule has 2 aliphatic rings. The Bertz CT molecular complexity index is 491. The fourth-order valence-electron chi connectivity index (χ4n) is 2.77. The topological polar surface area (TPSA) is 15.3 Å². The monoisotopic (exact) mass is 330 g/mol. The van der Waals surface area contributed by atoms with Gasteiger partial charge in [0.25, 0.3) is 0 Å². The quantitative estimate of drug-likeness (QED) is 0.837. The molecular weight excluding hydrogens is 314 g/mol.